The highest BCUT2D eigenvalue weighted by Crippen LogP contribution is 2.09. The Balaban J connectivity index is 1.78. The third kappa shape index (κ3) is 3.30. The van der Waals surface area contributed by atoms with Crippen LogP contribution in [-0.4, -0.2) is 39.9 Å². The Labute approximate surface area is 102 Å². The summed E-state index contributed by atoms with van der Waals surface area (Å²) in [6.45, 7) is 4.34. The monoisotopic (exact) mass is 236 g/mol. The maximum atomic E-state index is 12.1. The zero-order valence-electron chi connectivity index (χ0n) is 10.3. The Kier molecular flexibility index (Phi) is 4.14. The van der Waals surface area contributed by atoms with Crippen LogP contribution >= 0.6 is 0 Å². The molecule has 17 heavy (non-hydrogen) atoms. The number of aromatic nitrogens is 2. The lowest BCUT2D eigenvalue weighted by atomic mass is 10.1. The molecule has 1 aromatic heterocycles. The zero-order valence-corrected chi connectivity index (χ0v) is 10.3. The van der Waals surface area contributed by atoms with Gasteiger partial charge in [0, 0.05) is 25.5 Å². The van der Waals surface area contributed by atoms with Gasteiger partial charge >= 0.3 is 0 Å². The second-order valence-electron chi connectivity index (χ2n) is 4.52. The molecule has 0 saturated carbocycles. The van der Waals surface area contributed by atoms with Crippen molar-refractivity contribution in [2.45, 2.75) is 38.8 Å². The summed E-state index contributed by atoms with van der Waals surface area (Å²) in [5.74, 6) is 1.07. The summed E-state index contributed by atoms with van der Waals surface area (Å²) >= 11 is 0. The first-order chi connectivity index (χ1) is 8.27. The van der Waals surface area contributed by atoms with Crippen molar-refractivity contribution in [2.75, 3.05) is 13.1 Å². The molecule has 2 rings (SSSR count). The lowest BCUT2D eigenvalue weighted by molar-refractivity contribution is -0.133. The standard InChI is InChI=1S/C12H20N4O/c1-10(15-9-11-13-5-6-14-11)12(17)16-7-3-2-4-8-16/h5-6,10,15H,2-4,7-9H2,1H3,(H,13,14). The van der Waals surface area contributed by atoms with Crippen molar-refractivity contribution >= 4 is 5.91 Å². The first kappa shape index (κ1) is 12.1. The number of carbonyl (C=O) groups is 1. The molecule has 1 aliphatic rings. The predicted molar refractivity (Wildman–Crippen MR) is 65.3 cm³/mol. The van der Waals surface area contributed by atoms with E-state index in [4.69, 9.17) is 0 Å². The van der Waals surface area contributed by atoms with Crippen molar-refractivity contribution in [3.05, 3.63) is 18.2 Å². The number of imidazole rings is 1. The summed E-state index contributed by atoms with van der Waals surface area (Å²) in [6, 6.07) is -0.141. The number of likely N-dealkylation sites (tertiary alicyclic amines) is 1. The number of rotatable bonds is 4. The fourth-order valence-electron chi connectivity index (χ4n) is 2.12. The lowest BCUT2D eigenvalue weighted by Gasteiger charge is -2.29. The number of piperidine rings is 1. The van der Waals surface area contributed by atoms with Gasteiger partial charge in [-0.05, 0) is 26.2 Å². The molecule has 5 heteroatoms. The fraction of sp³-hybridized carbons (Fsp3) is 0.667. The second-order valence-corrected chi connectivity index (χ2v) is 4.52. The van der Waals surface area contributed by atoms with Crippen LogP contribution in [0.1, 0.15) is 32.0 Å². The number of aromatic amines is 1. The summed E-state index contributed by atoms with van der Waals surface area (Å²) in [7, 11) is 0. The van der Waals surface area contributed by atoms with Crippen molar-refractivity contribution in [1.29, 1.82) is 0 Å². The predicted octanol–water partition coefficient (Wildman–Crippen LogP) is 0.900. The van der Waals surface area contributed by atoms with E-state index in [-0.39, 0.29) is 11.9 Å². The highest BCUT2D eigenvalue weighted by molar-refractivity contribution is 5.81. The normalized spacial score (nSPS) is 18.1. The molecule has 0 radical (unpaired) electrons. The minimum atomic E-state index is -0.141. The van der Waals surface area contributed by atoms with E-state index in [0.717, 1.165) is 31.8 Å². The number of H-pyrrole nitrogens is 1. The van der Waals surface area contributed by atoms with Gasteiger partial charge in [0.1, 0.15) is 5.82 Å². The maximum Gasteiger partial charge on any atom is 0.239 e. The minimum absolute atomic E-state index is 0.141. The van der Waals surface area contributed by atoms with E-state index < -0.39 is 0 Å². The average molecular weight is 236 g/mol. The summed E-state index contributed by atoms with van der Waals surface area (Å²) in [5.41, 5.74) is 0. The molecule has 1 aromatic rings. The van der Waals surface area contributed by atoms with Crippen LogP contribution in [0.5, 0.6) is 0 Å². The SMILES string of the molecule is CC(NCc1ncc[nH]1)C(=O)N1CCCCC1. The first-order valence-corrected chi connectivity index (χ1v) is 6.28. The number of nitrogens with zero attached hydrogens (tertiary/aromatic N) is 2. The highest BCUT2D eigenvalue weighted by Gasteiger charge is 2.21. The Morgan fingerprint density at radius 2 is 2.29 bits per heavy atom. The molecule has 2 N–H and O–H groups in total. The van der Waals surface area contributed by atoms with E-state index >= 15 is 0 Å². The number of nitrogens with one attached hydrogen (secondary N) is 2. The van der Waals surface area contributed by atoms with Gasteiger partial charge in [0.05, 0.1) is 12.6 Å². The molecule has 5 nitrogen and oxygen atoms in total. The van der Waals surface area contributed by atoms with E-state index in [1.165, 1.54) is 6.42 Å². The average Bonchev–Trinajstić information content (AvgIpc) is 2.89. The number of carbonyl (C=O) groups excluding carboxylic acids is 1. The molecule has 1 fully saturated rings. The molecule has 94 valence electrons. The van der Waals surface area contributed by atoms with Crippen LogP contribution in [0.25, 0.3) is 0 Å². The molecular formula is C12H20N4O. The third-order valence-electron chi connectivity index (χ3n) is 3.17. The summed E-state index contributed by atoms with van der Waals surface area (Å²) in [4.78, 5) is 21.2. The van der Waals surface area contributed by atoms with Crippen molar-refractivity contribution in [1.82, 2.24) is 20.2 Å². The zero-order chi connectivity index (χ0) is 12.1. The van der Waals surface area contributed by atoms with Crippen LogP contribution in [0.3, 0.4) is 0 Å². The molecule has 1 aliphatic heterocycles. The van der Waals surface area contributed by atoms with E-state index in [0.29, 0.717) is 6.54 Å². The van der Waals surface area contributed by atoms with Gasteiger partial charge in [-0.3, -0.25) is 10.1 Å². The van der Waals surface area contributed by atoms with Gasteiger partial charge in [-0.1, -0.05) is 0 Å². The molecule has 0 aliphatic carbocycles. The van der Waals surface area contributed by atoms with Gasteiger partial charge in [-0.15, -0.1) is 0 Å². The third-order valence-corrected chi connectivity index (χ3v) is 3.17. The van der Waals surface area contributed by atoms with Crippen LogP contribution in [0.4, 0.5) is 0 Å². The first-order valence-electron chi connectivity index (χ1n) is 6.28. The minimum Gasteiger partial charge on any atom is -0.348 e. The van der Waals surface area contributed by atoms with E-state index in [2.05, 4.69) is 15.3 Å². The molecule has 1 atom stereocenters. The van der Waals surface area contributed by atoms with Gasteiger partial charge in [0.25, 0.3) is 0 Å². The summed E-state index contributed by atoms with van der Waals surface area (Å²) < 4.78 is 0. The van der Waals surface area contributed by atoms with Gasteiger partial charge in [-0.2, -0.15) is 0 Å². The van der Waals surface area contributed by atoms with Crippen LogP contribution < -0.4 is 5.32 Å². The van der Waals surface area contributed by atoms with Crippen molar-refractivity contribution in [3.8, 4) is 0 Å². The van der Waals surface area contributed by atoms with E-state index in [9.17, 15) is 4.79 Å². The molecule has 1 unspecified atom stereocenters. The second kappa shape index (κ2) is 5.82. The van der Waals surface area contributed by atoms with Crippen molar-refractivity contribution in [3.63, 3.8) is 0 Å². The van der Waals surface area contributed by atoms with Crippen molar-refractivity contribution < 1.29 is 4.79 Å². The smallest absolute Gasteiger partial charge is 0.239 e. The summed E-state index contributed by atoms with van der Waals surface area (Å²) in [6.07, 6.45) is 7.02. The molecule has 0 bridgehead atoms. The lowest BCUT2D eigenvalue weighted by Crippen LogP contribution is -2.46. The highest BCUT2D eigenvalue weighted by atomic mass is 16.2. The number of hydrogen-bond acceptors (Lipinski definition) is 3. The largest absolute Gasteiger partial charge is 0.348 e. The summed E-state index contributed by atoms with van der Waals surface area (Å²) in [5, 5.41) is 3.20. The molecular weight excluding hydrogens is 216 g/mol. The number of amides is 1. The van der Waals surface area contributed by atoms with Crippen LogP contribution in [-0.2, 0) is 11.3 Å². The van der Waals surface area contributed by atoms with Crippen LogP contribution in [0.2, 0.25) is 0 Å². The maximum absolute atomic E-state index is 12.1. The molecule has 1 saturated heterocycles. The van der Waals surface area contributed by atoms with E-state index in [1.54, 1.807) is 12.4 Å². The Morgan fingerprint density at radius 3 is 2.94 bits per heavy atom. The van der Waals surface area contributed by atoms with Gasteiger partial charge in [-0.25, -0.2) is 4.98 Å². The number of hydrogen-bond donors (Lipinski definition) is 2. The molecule has 1 amide bonds. The van der Waals surface area contributed by atoms with Gasteiger partial charge < -0.3 is 9.88 Å². The molecule has 0 spiro atoms. The van der Waals surface area contributed by atoms with Crippen LogP contribution in [0.15, 0.2) is 12.4 Å². The fourth-order valence-corrected chi connectivity index (χ4v) is 2.12. The van der Waals surface area contributed by atoms with E-state index in [1.807, 2.05) is 11.8 Å². The van der Waals surface area contributed by atoms with Crippen LogP contribution in [0, 0.1) is 0 Å². The molecule has 2 heterocycles. The Morgan fingerprint density at radius 1 is 1.53 bits per heavy atom. The van der Waals surface area contributed by atoms with Gasteiger partial charge in [0.15, 0.2) is 0 Å². The van der Waals surface area contributed by atoms with Crippen molar-refractivity contribution in [2.24, 2.45) is 0 Å². The van der Waals surface area contributed by atoms with Gasteiger partial charge in [0.2, 0.25) is 5.91 Å². The quantitative estimate of drug-likeness (QED) is 0.816. The Hall–Kier alpha value is -1.36. The molecule has 0 aromatic carbocycles. The topological polar surface area (TPSA) is 61.0 Å². The Bertz CT molecular complexity index is 343.